The first kappa shape index (κ1) is 12.3. The van der Waals surface area contributed by atoms with Gasteiger partial charge in [-0.1, -0.05) is 12.5 Å². The van der Waals surface area contributed by atoms with Crippen LogP contribution in [-0.4, -0.2) is 29.3 Å². The molecule has 1 fully saturated rings. The molecule has 104 valence electrons. The minimum Gasteiger partial charge on any atom is -0.259 e. The molecule has 2 bridgehead atoms. The van der Waals surface area contributed by atoms with Gasteiger partial charge in [-0.05, 0) is 31.8 Å². The highest BCUT2D eigenvalue weighted by Gasteiger charge is 2.33. The van der Waals surface area contributed by atoms with E-state index in [1.54, 1.807) is 0 Å². The second-order valence-corrected chi connectivity index (χ2v) is 7.68. The molecule has 4 rings (SSSR count). The Bertz CT molecular complexity index is 734. The fourth-order valence-corrected chi connectivity index (χ4v) is 5.21. The maximum absolute atomic E-state index is 12.2. The fraction of sp³-hybridized carbons (Fsp3) is 0.467. The van der Waals surface area contributed by atoms with Crippen LogP contribution in [-0.2, 0) is 10.8 Å². The van der Waals surface area contributed by atoms with Gasteiger partial charge in [-0.2, -0.15) is 5.10 Å². The molecule has 2 aliphatic rings. The third-order valence-electron chi connectivity index (χ3n) is 4.28. The van der Waals surface area contributed by atoms with Gasteiger partial charge in [0.25, 0.3) is 0 Å². The summed E-state index contributed by atoms with van der Waals surface area (Å²) in [5.74, 6) is 0. The van der Waals surface area contributed by atoms with Gasteiger partial charge in [0, 0.05) is 40.1 Å². The normalized spacial score (nSPS) is 29.4. The first-order valence-electron chi connectivity index (χ1n) is 7.13. The molecule has 3 unspecified atom stereocenters. The molecule has 0 spiro atoms. The van der Waals surface area contributed by atoms with Crippen LogP contribution in [0.5, 0.6) is 0 Å². The van der Waals surface area contributed by atoms with E-state index in [1.807, 2.05) is 29.9 Å². The van der Waals surface area contributed by atoms with Gasteiger partial charge < -0.3 is 0 Å². The lowest BCUT2D eigenvalue weighted by Crippen LogP contribution is -2.33. The van der Waals surface area contributed by atoms with Crippen molar-refractivity contribution in [2.45, 2.75) is 43.1 Å². The summed E-state index contributed by atoms with van der Waals surface area (Å²) in [5, 5.41) is 5.00. The van der Waals surface area contributed by atoms with E-state index in [9.17, 15) is 4.21 Å². The molecule has 20 heavy (non-hydrogen) atoms. The molecule has 2 aromatic rings. The third kappa shape index (κ3) is 1.92. The molecule has 4 nitrogen and oxygen atoms in total. The van der Waals surface area contributed by atoms with Crippen molar-refractivity contribution in [2.24, 2.45) is 0 Å². The van der Waals surface area contributed by atoms with E-state index in [1.165, 1.54) is 12.0 Å². The average Bonchev–Trinajstić information content (AvgIpc) is 2.77. The summed E-state index contributed by atoms with van der Waals surface area (Å²) in [6.07, 6.45) is 10.5. The Labute approximate surface area is 120 Å². The summed E-state index contributed by atoms with van der Waals surface area (Å²) in [7, 11) is -0.673. The molecular formula is C15H17N3OS. The Morgan fingerprint density at radius 1 is 1.40 bits per heavy atom. The van der Waals surface area contributed by atoms with E-state index >= 15 is 0 Å². The maximum Gasteiger partial charge on any atom is 0.155 e. The molecule has 2 aromatic heterocycles. The fourth-order valence-electron chi connectivity index (χ4n) is 3.27. The summed E-state index contributed by atoms with van der Waals surface area (Å²) in [5.41, 5.74) is 4.27. The van der Waals surface area contributed by atoms with Crippen molar-refractivity contribution in [1.29, 1.82) is 0 Å². The molecule has 2 aliphatic heterocycles. The summed E-state index contributed by atoms with van der Waals surface area (Å²) >= 11 is 0. The van der Waals surface area contributed by atoms with Crippen molar-refractivity contribution in [3.8, 4) is 0 Å². The molecule has 3 atom stereocenters. The molecule has 0 aromatic carbocycles. The van der Waals surface area contributed by atoms with Crippen LogP contribution >= 0.6 is 0 Å². The number of nitrogens with zero attached hydrogens (tertiary/aromatic N) is 3. The SMILES string of the molecule is Cc1cc2ncc(C3=CC4CCCC(C3)S4=O)cn2n1. The molecule has 0 N–H and O–H groups in total. The molecule has 0 amide bonds. The van der Waals surface area contributed by atoms with Gasteiger partial charge in [-0.15, -0.1) is 0 Å². The van der Waals surface area contributed by atoms with Crippen molar-refractivity contribution in [2.75, 3.05) is 0 Å². The van der Waals surface area contributed by atoms with E-state index < -0.39 is 10.8 Å². The van der Waals surface area contributed by atoms with E-state index in [-0.39, 0.29) is 5.25 Å². The number of rotatable bonds is 1. The number of aryl methyl sites for hydroxylation is 1. The predicted octanol–water partition coefficient (Wildman–Crippen LogP) is 2.49. The van der Waals surface area contributed by atoms with E-state index in [0.717, 1.165) is 36.2 Å². The van der Waals surface area contributed by atoms with E-state index in [0.29, 0.717) is 5.25 Å². The van der Waals surface area contributed by atoms with Crippen molar-refractivity contribution in [3.05, 3.63) is 35.8 Å². The van der Waals surface area contributed by atoms with Crippen LogP contribution in [0.4, 0.5) is 0 Å². The zero-order valence-corrected chi connectivity index (χ0v) is 12.3. The van der Waals surface area contributed by atoms with Gasteiger partial charge in [-0.25, -0.2) is 9.50 Å². The molecule has 1 saturated heterocycles. The van der Waals surface area contributed by atoms with Crippen LogP contribution in [0, 0.1) is 6.92 Å². The third-order valence-corrected chi connectivity index (χ3v) is 6.31. The zero-order chi connectivity index (χ0) is 13.7. The lowest BCUT2D eigenvalue weighted by atomic mass is 9.95. The Kier molecular flexibility index (Phi) is 2.77. The molecule has 0 aliphatic carbocycles. The summed E-state index contributed by atoms with van der Waals surface area (Å²) in [6.45, 7) is 1.97. The topological polar surface area (TPSA) is 47.3 Å². The summed E-state index contributed by atoms with van der Waals surface area (Å²) in [4.78, 5) is 4.47. The van der Waals surface area contributed by atoms with Crippen LogP contribution in [0.3, 0.4) is 0 Å². The smallest absolute Gasteiger partial charge is 0.155 e. The number of hydrogen-bond acceptors (Lipinski definition) is 3. The Balaban J connectivity index is 1.77. The second kappa shape index (κ2) is 4.52. The lowest BCUT2D eigenvalue weighted by molar-refractivity contribution is 0.579. The van der Waals surface area contributed by atoms with Gasteiger partial charge in [0.05, 0.1) is 10.9 Å². The van der Waals surface area contributed by atoms with Crippen molar-refractivity contribution in [1.82, 2.24) is 14.6 Å². The number of fused-ring (bicyclic) bond motifs is 3. The van der Waals surface area contributed by atoms with Crippen LogP contribution in [0.25, 0.3) is 11.2 Å². The maximum atomic E-state index is 12.2. The van der Waals surface area contributed by atoms with Crippen LogP contribution < -0.4 is 0 Å². The standard InChI is InChI=1S/C15H17N3OS/c1-10-5-15-16-8-12(9-18(15)17-10)11-6-13-3-2-4-14(7-11)20(13)19/h5-6,8-9,13-14H,2-4,7H2,1H3. The Morgan fingerprint density at radius 3 is 3.15 bits per heavy atom. The Morgan fingerprint density at radius 2 is 2.30 bits per heavy atom. The van der Waals surface area contributed by atoms with Crippen molar-refractivity contribution < 1.29 is 4.21 Å². The number of aromatic nitrogens is 3. The zero-order valence-electron chi connectivity index (χ0n) is 11.5. The van der Waals surface area contributed by atoms with E-state index in [2.05, 4.69) is 16.2 Å². The first-order chi connectivity index (χ1) is 9.70. The Hall–Kier alpha value is -1.49. The van der Waals surface area contributed by atoms with Gasteiger partial charge in [0.15, 0.2) is 5.65 Å². The second-order valence-electron chi connectivity index (χ2n) is 5.75. The molecule has 4 heterocycles. The lowest BCUT2D eigenvalue weighted by Gasteiger charge is -2.32. The number of allylic oxidation sites excluding steroid dienone is 1. The van der Waals surface area contributed by atoms with E-state index in [4.69, 9.17) is 0 Å². The minimum absolute atomic E-state index is 0.243. The summed E-state index contributed by atoms with van der Waals surface area (Å²) in [6, 6.07) is 1.98. The highest BCUT2D eigenvalue weighted by atomic mass is 32.2. The van der Waals surface area contributed by atoms with Gasteiger partial charge in [0.1, 0.15) is 0 Å². The predicted molar refractivity (Wildman–Crippen MR) is 79.9 cm³/mol. The van der Waals surface area contributed by atoms with Crippen LogP contribution in [0.2, 0.25) is 0 Å². The highest BCUT2D eigenvalue weighted by molar-refractivity contribution is 7.86. The van der Waals surface area contributed by atoms with Crippen molar-refractivity contribution >= 4 is 22.0 Å². The van der Waals surface area contributed by atoms with Gasteiger partial charge >= 0.3 is 0 Å². The highest BCUT2D eigenvalue weighted by Crippen LogP contribution is 2.36. The van der Waals surface area contributed by atoms with Crippen LogP contribution in [0.15, 0.2) is 24.5 Å². The van der Waals surface area contributed by atoms with Crippen LogP contribution in [0.1, 0.15) is 36.9 Å². The minimum atomic E-state index is -0.673. The molecular weight excluding hydrogens is 270 g/mol. The van der Waals surface area contributed by atoms with Gasteiger partial charge in [-0.3, -0.25) is 4.21 Å². The average molecular weight is 287 g/mol. The molecule has 5 heteroatoms. The molecule has 0 radical (unpaired) electrons. The molecule has 0 saturated carbocycles. The monoisotopic (exact) mass is 287 g/mol. The largest absolute Gasteiger partial charge is 0.259 e. The van der Waals surface area contributed by atoms with Crippen molar-refractivity contribution in [3.63, 3.8) is 0 Å². The summed E-state index contributed by atoms with van der Waals surface area (Å²) < 4.78 is 14.1. The first-order valence-corrected chi connectivity index (χ1v) is 8.41. The quantitative estimate of drug-likeness (QED) is 0.809. The van der Waals surface area contributed by atoms with Gasteiger partial charge in [0.2, 0.25) is 0 Å². The number of hydrogen-bond donors (Lipinski definition) is 0.